The summed E-state index contributed by atoms with van der Waals surface area (Å²) in [6.45, 7) is 4.57. The minimum atomic E-state index is -1.69. The Morgan fingerprint density at radius 1 is 1.25 bits per heavy atom. The average molecular weight is 288 g/mol. The number of halogens is 3. The van der Waals surface area contributed by atoms with E-state index in [4.69, 9.17) is 0 Å². The molecule has 110 valence electrons. The lowest BCUT2D eigenvalue weighted by atomic mass is 10.1. The zero-order valence-electron chi connectivity index (χ0n) is 11.1. The highest BCUT2D eigenvalue weighted by Crippen LogP contribution is 2.27. The molecule has 7 heteroatoms. The second kappa shape index (κ2) is 5.32. The molecule has 0 bridgehead atoms. The van der Waals surface area contributed by atoms with E-state index in [0.29, 0.717) is 19.2 Å². The predicted octanol–water partition coefficient (Wildman–Crippen LogP) is 1.63. The van der Waals surface area contributed by atoms with Crippen molar-refractivity contribution in [2.75, 3.05) is 13.1 Å². The number of carbonyl (C=O) groups excluding carboxylic acids is 1. The molecule has 1 aliphatic rings. The molecule has 0 spiro atoms. The summed E-state index contributed by atoms with van der Waals surface area (Å²) in [5, 5.41) is 12.3. The number of rotatable bonds is 1. The molecule has 4 nitrogen and oxygen atoms in total. The van der Waals surface area contributed by atoms with Gasteiger partial charge in [0.05, 0.1) is 5.56 Å². The minimum Gasteiger partial charge on any atom is -0.503 e. The molecule has 1 aliphatic heterocycles. The molecule has 1 aromatic rings. The zero-order chi connectivity index (χ0) is 15.0. The standard InChI is InChI=1S/C13H15F3N2O2/c1-6-4-17-5-7(2)18(6)13(20)8-3-9(14)11(16)12(19)10(8)15/h3,6-7,17,19H,4-5H2,1-2H3. The Morgan fingerprint density at radius 2 is 1.80 bits per heavy atom. The van der Waals surface area contributed by atoms with Crippen molar-refractivity contribution in [2.45, 2.75) is 25.9 Å². The van der Waals surface area contributed by atoms with Gasteiger partial charge in [-0.05, 0) is 19.9 Å². The first-order valence-corrected chi connectivity index (χ1v) is 6.24. The molecule has 0 saturated carbocycles. The summed E-state index contributed by atoms with van der Waals surface area (Å²) < 4.78 is 40.1. The number of carbonyl (C=O) groups is 1. The maximum Gasteiger partial charge on any atom is 0.257 e. The summed E-state index contributed by atoms with van der Waals surface area (Å²) in [6, 6.07) is 0.0376. The van der Waals surface area contributed by atoms with Crippen molar-refractivity contribution in [3.8, 4) is 5.75 Å². The molecule has 2 N–H and O–H groups in total. The molecule has 1 fully saturated rings. The second-order valence-electron chi connectivity index (χ2n) is 4.95. The quantitative estimate of drug-likeness (QED) is 0.772. The van der Waals surface area contributed by atoms with E-state index in [9.17, 15) is 23.1 Å². The number of nitrogens with one attached hydrogen (secondary N) is 1. The van der Waals surface area contributed by atoms with Crippen molar-refractivity contribution in [3.05, 3.63) is 29.1 Å². The Kier molecular flexibility index (Phi) is 3.89. The Bertz CT molecular complexity index is 541. The number of hydrogen-bond donors (Lipinski definition) is 2. The second-order valence-corrected chi connectivity index (χ2v) is 4.95. The molecular weight excluding hydrogens is 273 g/mol. The number of hydrogen-bond acceptors (Lipinski definition) is 3. The molecule has 1 saturated heterocycles. The minimum absolute atomic E-state index is 0.221. The van der Waals surface area contributed by atoms with Gasteiger partial charge in [-0.2, -0.15) is 4.39 Å². The summed E-state index contributed by atoms with van der Waals surface area (Å²) in [4.78, 5) is 13.7. The van der Waals surface area contributed by atoms with E-state index in [1.54, 1.807) is 13.8 Å². The molecule has 2 unspecified atom stereocenters. The fourth-order valence-electron chi connectivity index (χ4n) is 2.42. The first-order valence-electron chi connectivity index (χ1n) is 6.24. The Morgan fingerprint density at radius 3 is 2.35 bits per heavy atom. The normalized spacial score (nSPS) is 22.9. The third-order valence-electron chi connectivity index (χ3n) is 3.43. The van der Waals surface area contributed by atoms with Crippen molar-refractivity contribution in [3.63, 3.8) is 0 Å². The van der Waals surface area contributed by atoms with E-state index in [1.165, 1.54) is 4.90 Å². The monoisotopic (exact) mass is 288 g/mol. The van der Waals surface area contributed by atoms with Crippen LogP contribution in [0.5, 0.6) is 5.75 Å². The van der Waals surface area contributed by atoms with Gasteiger partial charge in [0.25, 0.3) is 5.91 Å². The van der Waals surface area contributed by atoms with Crippen LogP contribution in [0.3, 0.4) is 0 Å². The topological polar surface area (TPSA) is 52.6 Å². The van der Waals surface area contributed by atoms with Gasteiger partial charge >= 0.3 is 0 Å². The van der Waals surface area contributed by atoms with E-state index >= 15 is 0 Å². The first kappa shape index (κ1) is 14.6. The van der Waals surface area contributed by atoms with E-state index < -0.39 is 34.7 Å². The molecule has 1 aromatic carbocycles. The lowest BCUT2D eigenvalue weighted by Crippen LogP contribution is -2.57. The van der Waals surface area contributed by atoms with Gasteiger partial charge in [-0.15, -0.1) is 0 Å². The van der Waals surface area contributed by atoms with Crippen molar-refractivity contribution in [1.82, 2.24) is 10.2 Å². The van der Waals surface area contributed by atoms with E-state index in [0.717, 1.165) is 0 Å². The van der Waals surface area contributed by atoms with Crippen LogP contribution in [0.1, 0.15) is 24.2 Å². The molecule has 0 radical (unpaired) electrons. The number of piperazine rings is 1. The van der Waals surface area contributed by atoms with Crippen molar-refractivity contribution < 1.29 is 23.1 Å². The maximum absolute atomic E-state index is 13.8. The fraction of sp³-hybridized carbons (Fsp3) is 0.462. The summed E-state index contributed by atoms with van der Waals surface area (Å²) in [6.07, 6.45) is 0. The largest absolute Gasteiger partial charge is 0.503 e. The van der Waals surface area contributed by atoms with Crippen molar-refractivity contribution in [1.29, 1.82) is 0 Å². The maximum atomic E-state index is 13.8. The van der Waals surface area contributed by atoms with Crippen LogP contribution >= 0.6 is 0 Å². The van der Waals surface area contributed by atoms with E-state index in [1.807, 2.05) is 0 Å². The van der Waals surface area contributed by atoms with Crippen LogP contribution in [0, 0.1) is 17.5 Å². The first-order chi connectivity index (χ1) is 9.34. The number of phenolic OH excluding ortho intramolecular Hbond substituents is 1. The number of aromatic hydroxyl groups is 1. The van der Waals surface area contributed by atoms with Gasteiger partial charge in [0.2, 0.25) is 5.82 Å². The number of phenols is 1. The van der Waals surface area contributed by atoms with E-state index in [2.05, 4.69) is 5.32 Å². The van der Waals surface area contributed by atoms with E-state index in [-0.39, 0.29) is 12.1 Å². The average Bonchev–Trinajstić information content (AvgIpc) is 2.40. The highest BCUT2D eigenvalue weighted by Gasteiger charge is 2.33. The van der Waals surface area contributed by atoms with Crippen LogP contribution < -0.4 is 5.32 Å². The molecular formula is C13H15F3N2O2. The summed E-state index contributed by atoms with van der Waals surface area (Å²) in [7, 11) is 0. The van der Waals surface area contributed by atoms with Crippen molar-refractivity contribution >= 4 is 5.91 Å². The van der Waals surface area contributed by atoms with Crippen LogP contribution in [0.4, 0.5) is 13.2 Å². The van der Waals surface area contributed by atoms with Gasteiger partial charge in [-0.3, -0.25) is 4.79 Å². The molecule has 1 amide bonds. The fourth-order valence-corrected chi connectivity index (χ4v) is 2.42. The molecule has 0 aromatic heterocycles. The SMILES string of the molecule is CC1CNCC(C)N1C(=O)c1cc(F)c(F)c(O)c1F. The lowest BCUT2D eigenvalue weighted by Gasteiger charge is -2.39. The summed E-state index contributed by atoms with van der Waals surface area (Å²) >= 11 is 0. The third kappa shape index (κ3) is 2.33. The summed E-state index contributed by atoms with van der Waals surface area (Å²) in [5.41, 5.74) is -0.665. The Labute approximate surface area is 114 Å². The van der Waals surface area contributed by atoms with Gasteiger partial charge in [0, 0.05) is 25.2 Å². The number of nitrogens with zero attached hydrogens (tertiary/aromatic N) is 1. The van der Waals surface area contributed by atoms with Gasteiger partial charge < -0.3 is 15.3 Å². The van der Waals surface area contributed by atoms with Crippen LogP contribution in [0.25, 0.3) is 0 Å². The van der Waals surface area contributed by atoms with Gasteiger partial charge in [-0.25, -0.2) is 8.78 Å². The van der Waals surface area contributed by atoms with Gasteiger partial charge in [0.1, 0.15) is 0 Å². The highest BCUT2D eigenvalue weighted by molar-refractivity contribution is 5.95. The lowest BCUT2D eigenvalue weighted by molar-refractivity contribution is 0.0538. The van der Waals surface area contributed by atoms with Crippen molar-refractivity contribution in [2.24, 2.45) is 0 Å². The van der Waals surface area contributed by atoms with Crippen LogP contribution in [0.2, 0.25) is 0 Å². The number of amides is 1. The van der Waals surface area contributed by atoms with Crippen LogP contribution in [0.15, 0.2) is 6.07 Å². The van der Waals surface area contributed by atoms with Gasteiger partial charge in [0.15, 0.2) is 17.4 Å². The smallest absolute Gasteiger partial charge is 0.257 e. The molecule has 1 heterocycles. The Hall–Kier alpha value is -1.76. The van der Waals surface area contributed by atoms with Gasteiger partial charge in [-0.1, -0.05) is 0 Å². The third-order valence-corrected chi connectivity index (χ3v) is 3.43. The molecule has 20 heavy (non-hydrogen) atoms. The van der Waals surface area contributed by atoms with Crippen LogP contribution in [-0.2, 0) is 0 Å². The predicted molar refractivity (Wildman–Crippen MR) is 65.9 cm³/mol. The molecule has 0 aliphatic carbocycles. The summed E-state index contributed by atoms with van der Waals surface area (Å²) in [5.74, 6) is -6.82. The highest BCUT2D eigenvalue weighted by atomic mass is 19.2. The molecule has 2 rings (SSSR count). The van der Waals surface area contributed by atoms with Crippen LogP contribution in [-0.4, -0.2) is 41.1 Å². The number of benzene rings is 1. The molecule has 2 atom stereocenters. The zero-order valence-corrected chi connectivity index (χ0v) is 11.1. The Balaban J connectivity index is 2.43.